The van der Waals surface area contributed by atoms with Crippen molar-refractivity contribution in [2.75, 3.05) is 11.9 Å². The van der Waals surface area contributed by atoms with Gasteiger partial charge in [0.2, 0.25) is 0 Å². The van der Waals surface area contributed by atoms with Crippen LogP contribution in [0.1, 0.15) is 24.0 Å². The predicted molar refractivity (Wildman–Crippen MR) is 87.6 cm³/mol. The first-order chi connectivity index (χ1) is 11.0. The van der Waals surface area contributed by atoms with Crippen LogP contribution in [0.4, 0.5) is 10.1 Å². The lowest BCUT2D eigenvalue weighted by atomic mass is 10.0. The van der Waals surface area contributed by atoms with Gasteiger partial charge in [0.05, 0.1) is 0 Å². The van der Waals surface area contributed by atoms with Crippen molar-refractivity contribution in [1.82, 2.24) is 5.32 Å². The van der Waals surface area contributed by atoms with Crippen molar-refractivity contribution in [1.29, 1.82) is 0 Å². The predicted octanol–water partition coefficient (Wildman–Crippen LogP) is 2.99. The largest absolute Gasteiger partial charge is 0.347 e. The Bertz CT molecular complexity index is 701. The van der Waals surface area contributed by atoms with E-state index in [1.54, 1.807) is 6.92 Å². The normalized spacial score (nSPS) is 11.6. The van der Waals surface area contributed by atoms with Gasteiger partial charge in [-0.25, -0.2) is 4.39 Å². The lowest BCUT2D eigenvalue weighted by Gasteiger charge is -2.13. The number of benzene rings is 2. The van der Waals surface area contributed by atoms with E-state index in [-0.39, 0.29) is 11.7 Å². The number of carbonyl (C=O) groups is 2. The van der Waals surface area contributed by atoms with Gasteiger partial charge in [-0.1, -0.05) is 37.3 Å². The molecular formula is C18H19FN2O2. The molecule has 0 aliphatic carbocycles. The fraction of sp³-hybridized carbons (Fsp3) is 0.222. The molecule has 23 heavy (non-hydrogen) atoms. The van der Waals surface area contributed by atoms with Crippen molar-refractivity contribution < 1.29 is 14.0 Å². The number of aryl methyl sites for hydroxylation is 1. The number of hydrogen-bond acceptors (Lipinski definition) is 2. The summed E-state index contributed by atoms with van der Waals surface area (Å²) < 4.78 is 13.0. The molecule has 1 atom stereocenters. The van der Waals surface area contributed by atoms with E-state index in [1.807, 2.05) is 37.3 Å². The molecule has 2 amide bonds. The van der Waals surface area contributed by atoms with Crippen LogP contribution >= 0.6 is 0 Å². The Kier molecular flexibility index (Phi) is 5.46. The number of rotatable bonds is 4. The zero-order valence-corrected chi connectivity index (χ0v) is 13.1. The van der Waals surface area contributed by atoms with Gasteiger partial charge in [0, 0.05) is 12.2 Å². The average Bonchev–Trinajstić information content (AvgIpc) is 2.55. The maximum absolute atomic E-state index is 13.0. The Labute approximate surface area is 134 Å². The first-order valence-electron chi connectivity index (χ1n) is 7.37. The van der Waals surface area contributed by atoms with Crippen LogP contribution in [0.3, 0.4) is 0 Å². The molecule has 0 radical (unpaired) electrons. The van der Waals surface area contributed by atoms with Crippen molar-refractivity contribution in [3.05, 3.63) is 65.5 Å². The molecule has 0 aliphatic rings. The van der Waals surface area contributed by atoms with Gasteiger partial charge in [-0.3, -0.25) is 9.59 Å². The second kappa shape index (κ2) is 7.54. The highest BCUT2D eigenvalue weighted by Gasteiger charge is 2.16. The molecular weight excluding hydrogens is 295 g/mol. The Hall–Kier alpha value is -2.69. The second-order valence-corrected chi connectivity index (χ2v) is 5.44. The zero-order chi connectivity index (χ0) is 16.8. The van der Waals surface area contributed by atoms with Crippen LogP contribution in [0.2, 0.25) is 0 Å². The monoisotopic (exact) mass is 314 g/mol. The molecule has 0 aromatic heterocycles. The minimum atomic E-state index is -0.764. The molecule has 5 heteroatoms. The number of hydrogen-bond donors (Lipinski definition) is 2. The van der Waals surface area contributed by atoms with Gasteiger partial charge >= 0.3 is 11.8 Å². The van der Waals surface area contributed by atoms with E-state index in [0.717, 1.165) is 5.56 Å². The highest BCUT2D eigenvalue weighted by molar-refractivity contribution is 6.39. The van der Waals surface area contributed by atoms with E-state index < -0.39 is 11.8 Å². The molecule has 0 saturated carbocycles. The topological polar surface area (TPSA) is 58.2 Å². The van der Waals surface area contributed by atoms with Gasteiger partial charge in [-0.15, -0.1) is 0 Å². The van der Waals surface area contributed by atoms with Gasteiger partial charge in [0.15, 0.2) is 0 Å². The summed E-state index contributed by atoms with van der Waals surface area (Å²) >= 11 is 0. The Morgan fingerprint density at radius 3 is 2.43 bits per heavy atom. The molecule has 2 rings (SSSR count). The molecule has 0 unspecified atom stereocenters. The molecule has 0 spiro atoms. The summed E-state index contributed by atoms with van der Waals surface area (Å²) in [6.45, 7) is 3.99. The minimum Gasteiger partial charge on any atom is -0.347 e. The third-order valence-corrected chi connectivity index (χ3v) is 3.58. The summed E-state index contributed by atoms with van der Waals surface area (Å²) in [5.41, 5.74) is 2.06. The van der Waals surface area contributed by atoms with Crippen molar-refractivity contribution in [3.63, 3.8) is 0 Å². The third-order valence-electron chi connectivity index (χ3n) is 3.58. The lowest BCUT2D eigenvalue weighted by molar-refractivity contribution is -0.136. The maximum Gasteiger partial charge on any atom is 0.313 e. The fourth-order valence-corrected chi connectivity index (χ4v) is 2.17. The van der Waals surface area contributed by atoms with Crippen LogP contribution in [-0.4, -0.2) is 18.4 Å². The first kappa shape index (κ1) is 16.7. The van der Waals surface area contributed by atoms with Crippen molar-refractivity contribution in [3.8, 4) is 0 Å². The van der Waals surface area contributed by atoms with Crippen molar-refractivity contribution in [2.45, 2.75) is 19.8 Å². The summed E-state index contributed by atoms with van der Waals surface area (Å²) in [7, 11) is 0. The maximum atomic E-state index is 13.0. The molecule has 0 heterocycles. The third kappa shape index (κ3) is 4.64. The van der Waals surface area contributed by atoms with Crippen LogP contribution in [0, 0.1) is 12.7 Å². The number of nitrogens with one attached hydrogen (secondary N) is 2. The summed E-state index contributed by atoms with van der Waals surface area (Å²) in [5.74, 6) is -1.77. The SMILES string of the molecule is Cc1cc(F)ccc1NC(=O)C(=O)NC[C@H](C)c1ccccc1. The second-order valence-electron chi connectivity index (χ2n) is 5.44. The summed E-state index contributed by atoms with van der Waals surface area (Å²) in [4.78, 5) is 23.7. The fourth-order valence-electron chi connectivity index (χ4n) is 2.17. The van der Waals surface area contributed by atoms with Crippen LogP contribution in [0.25, 0.3) is 0 Å². The molecule has 0 fully saturated rings. The van der Waals surface area contributed by atoms with Crippen molar-refractivity contribution >= 4 is 17.5 Å². The van der Waals surface area contributed by atoms with E-state index in [0.29, 0.717) is 17.8 Å². The Morgan fingerprint density at radius 2 is 1.78 bits per heavy atom. The lowest BCUT2D eigenvalue weighted by Crippen LogP contribution is -2.37. The molecule has 0 aliphatic heterocycles. The Morgan fingerprint density at radius 1 is 1.09 bits per heavy atom. The van der Waals surface area contributed by atoms with Crippen molar-refractivity contribution in [2.24, 2.45) is 0 Å². The standard InChI is InChI=1S/C18H19FN2O2/c1-12-10-15(19)8-9-16(12)21-18(23)17(22)20-11-13(2)14-6-4-3-5-7-14/h3-10,13H,11H2,1-2H3,(H,20,22)(H,21,23)/t13-/m0/s1. The molecule has 2 aromatic rings. The number of amides is 2. The van der Waals surface area contributed by atoms with Crippen LogP contribution in [0.5, 0.6) is 0 Å². The van der Waals surface area contributed by atoms with Gasteiger partial charge < -0.3 is 10.6 Å². The Balaban J connectivity index is 1.89. The van der Waals surface area contributed by atoms with Gasteiger partial charge in [-0.2, -0.15) is 0 Å². The first-order valence-corrected chi connectivity index (χ1v) is 7.37. The van der Waals surface area contributed by atoms with Crippen LogP contribution in [0.15, 0.2) is 48.5 Å². The highest BCUT2D eigenvalue weighted by atomic mass is 19.1. The average molecular weight is 314 g/mol. The van der Waals surface area contributed by atoms with Gasteiger partial charge in [0.25, 0.3) is 0 Å². The number of anilines is 1. The van der Waals surface area contributed by atoms with E-state index >= 15 is 0 Å². The summed E-state index contributed by atoms with van der Waals surface area (Å²) in [6.07, 6.45) is 0. The zero-order valence-electron chi connectivity index (χ0n) is 13.1. The molecule has 4 nitrogen and oxygen atoms in total. The number of halogens is 1. The molecule has 0 saturated heterocycles. The quantitative estimate of drug-likeness (QED) is 0.852. The smallest absolute Gasteiger partial charge is 0.313 e. The minimum absolute atomic E-state index is 0.0977. The molecule has 120 valence electrons. The van der Waals surface area contributed by atoms with Crippen LogP contribution < -0.4 is 10.6 Å². The molecule has 2 N–H and O–H groups in total. The van der Waals surface area contributed by atoms with Crippen LogP contribution in [-0.2, 0) is 9.59 Å². The van der Waals surface area contributed by atoms with E-state index in [4.69, 9.17) is 0 Å². The molecule has 0 bridgehead atoms. The van der Waals surface area contributed by atoms with E-state index in [2.05, 4.69) is 10.6 Å². The van der Waals surface area contributed by atoms with E-state index in [9.17, 15) is 14.0 Å². The van der Waals surface area contributed by atoms with E-state index in [1.165, 1.54) is 18.2 Å². The molecule has 2 aromatic carbocycles. The highest BCUT2D eigenvalue weighted by Crippen LogP contribution is 2.16. The number of carbonyl (C=O) groups excluding carboxylic acids is 2. The summed E-state index contributed by atoms with van der Waals surface area (Å²) in [5, 5.41) is 5.09. The summed E-state index contributed by atoms with van der Waals surface area (Å²) in [6, 6.07) is 13.7. The van der Waals surface area contributed by atoms with Gasteiger partial charge in [0.1, 0.15) is 5.82 Å². The van der Waals surface area contributed by atoms with Gasteiger partial charge in [-0.05, 0) is 42.2 Å².